The Labute approximate surface area is 126 Å². The van der Waals surface area contributed by atoms with E-state index in [4.69, 9.17) is 4.74 Å². The average molecular weight is 295 g/mol. The van der Waals surface area contributed by atoms with Gasteiger partial charge in [-0.2, -0.15) is 5.10 Å². The predicted molar refractivity (Wildman–Crippen MR) is 82.9 cm³/mol. The number of nitrogens with zero attached hydrogens (tertiary/aromatic N) is 3. The van der Waals surface area contributed by atoms with Crippen LogP contribution in [0.25, 0.3) is 22.0 Å². The molecule has 0 amide bonds. The molecule has 0 radical (unpaired) electrons. The van der Waals surface area contributed by atoms with Crippen molar-refractivity contribution in [1.29, 1.82) is 0 Å². The minimum atomic E-state index is -0.425. The van der Waals surface area contributed by atoms with Crippen LogP contribution in [0.15, 0.2) is 42.5 Å². The standard InChI is InChI=1S/C16H13N3O3/c1-10-14-8-7-13(22-2)9-15(14)16(18-17-10)11-3-5-12(6-4-11)19(20)21/h3-9H,1-2H3. The second-order valence-electron chi connectivity index (χ2n) is 4.85. The van der Waals surface area contributed by atoms with Crippen LogP contribution in [0.2, 0.25) is 0 Å². The van der Waals surface area contributed by atoms with E-state index < -0.39 is 4.92 Å². The van der Waals surface area contributed by atoms with E-state index in [1.54, 1.807) is 19.2 Å². The molecular weight excluding hydrogens is 282 g/mol. The van der Waals surface area contributed by atoms with Crippen molar-refractivity contribution in [3.05, 3.63) is 58.3 Å². The van der Waals surface area contributed by atoms with Crippen LogP contribution in [-0.4, -0.2) is 22.2 Å². The summed E-state index contributed by atoms with van der Waals surface area (Å²) in [5, 5.41) is 21.1. The van der Waals surface area contributed by atoms with Crippen LogP contribution >= 0.6 is 0 Å². The van der Waals surface area contributed by atoms with Crippen molar-refractivity contribution in [2.45, 2.75) is 6.92 Å². The van der Waals surface area contributed by atoms with Crippen molar-refractivity contribution < 1.29 is 9.66 Å². The summed E-state index contributed by atoms with van der Waals surface area (Å²) < 4.78 is 5.27. The first-order valence-corrected chi connectivity index (χ1v) is 6.66. The molecule has 1 aromatic heterocycles. The molecule has 0 atom stereocenters. The molecule has 22 heavy (non-hydrogen) atoms. The number of ether oxygens (including phenoxy) is 1. The van der Waals surface area contributed by atoms with Gasteiger partial charge < -0.3 is 4.74 Å². The lowest BCUT2D eigenvalue weighted by atomic mass is 10.0. The Balaban J connectivity index is 2.21. The summed E-state index contributed by atoms with van der Waals surface area (Å²) in [6.07, 6.45) is 0. The zero-order chi connectivity index (χ0) is 15.7. The first-order chi connectivity index (χ1) is 10.6. The number of aromatic nitrogens is 2. The first kappa shape index (κ1) is 13.9. The Morgan fingerprint density at radius 1 is 1.05 bits per heavy atom. The topological polar surface area (TPSA) is 78.2 Å². The van der Waals surface area contributed by atoms with Gasteiger partial charge in [0, 0.05) is 28.5 Å². The summed E-state index contributed by atoms with van der Waals surface area (Å²) in [5.74, 6) is 0.725. The number of benzene rings is 2. The number of aryl methyl sites for hydroxylation is 1. The molecule has 2 aromatic carbocycles. The number of hydrogen-bond donors (Lipinski definition) is 0. The molecule has 3 aromatic rings. The zero-order valence-electron chi connectivity index (χ0n) is 12.1. The molecule has 0 aliphatic rings. The Kier molecular flexibility index (Phi) is 3.42. The van der Waals surface area contributed by atoms with Crippen LogP contribution in [0.3, 0.4) is 0 Å². The Morgan fingerprint density at radius 3 is 2.41 bits per heavy atom. The van der Waals surface area contributed by atoms with Crippen LogP contribution in [-0.2, 0) is 0 Å². The van der Waals surface area contributed by atoms with E-state index in [-0.39, 0.29) is 5.69 Å². The van der Waals surface area contributed by atoms with Gasteiger partial charge in [-0.1, -0.05) is 0 Å². The summed E-state index contributed by atoms with van der Waals surface area (Å²) in [7, 11) is 1.61. The second kappa shape index (κ2) is 5.40. The molecule has 0 saturated heterocycles. The van der Waals surface area contributed by atoms with Gasteiger partial charge in [-0.3, -0.25) is 10.1 Å². The second-order valence-corrected chi connectivity index (χ2v) is 4.85. The van der Waals surface area contributed by atoms with E-state index in [1.165, 1.54) is 12.1 Å². The van der Waals surface area contributed by atoms with E-state index in [1.807, 2.05) is 25.1 Å². The molecule has 6 heteroatoms. The molecule has 110 valence electrons. The molecule has 0 saturated carbocycles. The average Bonchev–Trinajstić information content (AvgIpc) is 2.55. The number of methoxy groups -OCH3 is 1. The first-order valence-electron chi connectivity index (χ1n) is 6.66. The molecule has 6 nitrogen and oxygen atoms in total. The monoisotopic (exact) mass is 295 g/mol. The molecule has 0 bridgehead atoms. The summed E-state index contributed by atoms with van der Waals surface area (Å²) in [6.45, 7) is 1.89. The molecular formula is C16H13N3O3. The molecule has 0 N–H and O–H groups in total. The summed E-state index contributed by atoms with van der Waals surface area (Å²) in [5.41, 5.74) is 2.32. The van der Waals surface area contributed by atoms with E-state index in [0.717, 1.165) is 27.8 Å². The lowest BCUT2D eigenvalue weighted by Gasteiger charge is -2.09. The number of nitro groups is 1. The van der Waals surface area contributed by atoms with Gasteiger partial charge in [0.15, 0.2) is 0 Å². The maximum atomic E-state index is 10.8. The molecule has 0 aliphatic heterocycles. The summed E-state index contributed by atoms with van der Waals surface area (Å²) >= 11 is 0. The maximum absolute atomic E-state index is 10.8. The van der Waals surface area contributed by atoms with Gasteiger partial charge in [-0.15, -0.1) is 5.10 Å². The van der Waals surface area contributed by atoms with Gasteiger partial charge in [0.05, 0.1) is 17.7 Å². The van der Waals surface area contributed by atoms with Crippen LogP contribution in [0.1, 0.15) is 5.69 Å². The van der Waals surface area contributed by atoms with Crippen molar-refractivity contribution >= 4 is 16.5 Å². The van der Waals surface area contributed by atoms with Crippen LogP contribution < -0.4 is 4.74 Å². The van der Waals surface area contributed by atoms with Crippen LogP contribution in [0.4, 0.5) is 5.69 Å². The highest BCUT2D eigenvalue weighted by molar-refractivity contribution is 5.96. The van der Waals surface area contributed by atoms with Gasteiger partial charge >= 0.3 is 0 Å². The fourth-order valence-corrected chi connectivity index (χ4v) is 2.35. The van der Waals surface area contributed by atoms with E-state index in [2.05, 4.69) is 10.2 Å². The van der Waals surface area contributed by atoms with E-state index >= 15 is 0 Å². The normalized spacial score (nSPS) is 10.6. The number of nitro benzene ring substituents is 1. The number of non-ortho nitro benzene ring substituents is 1. The third-order valence-corrected chi connectivity index (χ3v) is 3.52. The quantitative estimate of drug-likeness (QED) is 0.545. The van der Waals surface area contributed by atoms with Gasteiger partial charge in [0.25, 0.3) is 5.69 Å². The molecule has 0 fully saturated rings. The zero-order valence-corrected chi connectivity index (χ0v) is 12.1. The Hall–Kier alpha value is -3.02. The van der Waals surface area contributed by atoms with Crippen LogP contribution in [0, 0.1) is 17.0 Å². The minimum Gasteiger partial charge on any atom is -0.497 e. The highest BCUT2D eigenvalue weighted by atomic mass is 16.6. The third kappa shape index (κ3) is 2.35. The van der Waals surface area contributed by atoms with Gasteiger partial charge in [-0.25, -0.2) is 0 Å². The highest BCUT2D eigenvalue weighted by Crippen LogP contribution is 2.31. The Bertz CT molecular complexity index is 860. The number of fused-ring (bicyclic) bond motifs is 1. The van der Waals surface area contributed by atoms with Gasteiger partial charge in [-0.05, 0) is 37.3 Å². The predicted octanol–water partition coefficient (Wildman–Crippen LogP) is 3.52. The largest absolute Gasteiger partial charge is 0.497 e. The molecule has 0 aliphatic carbocycles. The molecule has 1 heterocycles. The van der Waals surface area contributed by atoms with E-state index in [9.17, 15) is 10.1 Å². The van der Waals surface area contributed by atoms with Crippen molar-refractivity contribution in [3.63, 3.8) is 0 Å². The smallest absolute Gasteiger partial charge is 0.269 e. The number of hydrogen-bond acceptors (Lipinski definition) is 5. The molecule has 3 rings (SSSR count). The lowest BCUT2D eigenvalue weighted by molar-refractivity contribution is -0.384. The minimum absolute atomic E-state index is 0.0470. The molecule has 0 unspecified atom stereocenters. The maximum Gasteiger partial charge on any atom is 0.269 e. The number of rotatable bonds is 3. The molecule has 0 spiro atoms. The summed E-state index contributed by atoms with van der Waals surface area (Å²) in [4.78, 5) is 10.3. The van der Waals surface area contributed by atoms with Crippen molar-refractivity contribution in [2.24, 2.45) is 0 Å². The van der Waals surface area contributed by atoms with Crippen molar-refractivity contribution in [2.75, 3.05) is 7.11 Å². The third-order valence-electron chi connectivity index (χ3n) is 3.52. The SMILES string of the molecule is COc1ccc2c(C)nnc(-c3ccc([N+](=O)[O-])cc3)c2c1. The van der Waals surface area contributed by atoms with E-state index in [0.29, 0.717) is 5.69 Å². The van der Waals surface area contributed by atoms with Crippen molar-refractivity contribution in [1.82, 2.24) is 10.2 Å². The van der Waals surface area contributed by atoms with Crippen molar-refractivity contribution in [3.8, 4) is 17.0 Å². The summed E-state index contributed by atoms with van der Waals surface area (Å²) in [6, 6.07) is 12.0. The lowest BCUT2D eigenvalue weighted by Crippen LogP contribution is -1.95. The highest BCUT2D eigenvalue weighted by Gasteiger charge is 2.12. The van der Waals surface area contributed by atoms with Gasteiger partial charge in [0.1, 0.15) is 11.4 Å². The van der Waals surface area contributed by atoms with Crippen LogP contribution in [0.5, 0.6) is 5.75 Å². The van der Waals surface area contributed by atoms with Gasteiger partial charge in [0.2, 0.25) is 0 Å². The fourth-order valence-electron chi connectivity index (χ4n) is 2.35. The fraction of sp³-hybridized carbons (Fsp3) is 0.125. The Morgan fingerprint density at radius 2 is 1.77 bits per heavy atom.